The highest BCUT2D eigenvalue weighted by Crippen LogP contribution is 2.31. The van der Waals surface area contributed by atoms with Crippen molar-refractivity contribution in [2.45, 2.75) is 38.8 Å². The van der Waals surface area contributed by atoms with Crippen molar-refractivity contribution in [1.29, 1.82) is 0 Å². The van der Waals surface area contributed by atoms with E-state index in [0.29, 0.717) is 22.6 Å². The van der Waals surface area contributed by atoms with Crippen molar-refractivity contribution in [3.05, 3.63) is 59.7 Å². The average Bonchev–Trinajstić information content (AvgIpc) is 3.05. The molecule has 1 atom stereocenters. The summed E-state index contributed by atoms with van der Waals surface area (Å²) in [6.45, 7) is 5.45. The largest absolute Gasteiger partial charge is 0.497 e. The molecule has 0 bridgehead atoms. The lowest BCUT2D eigenvalue weighted by molar-refractivity contribution is -0.123. The molecule has 3 rings (SSSR count). The Morgan fingerprint density at radius 2 is 1.66 bits per heavy atom. The second-order valence-corrected chi connectivity index (χ2v) is 8.40. The number of ether oxygens (including phenoxy) is 2. The molecule has 1 aliphatic rings. The monoisotopic (exact) mass is 438 g/mol. The van der Waals surface area contributed by atoms with Crippen molar-refractivity contribution in [2.24, 2.45) is 0 Å². The fourth-order valence-corrected chi connectivity index (χ4v) is 3.76. The van der Waals surface area contributed by atoms with Crippen LogP contribution in [0.1, 0.15) is 47.9 Å². The molecular weight excluding hydrogens is 412 g/mol. The van der Waals surface area contributed by atoms with Gasteiger partial charge in [-0.25, -0.2) is 9.69 Å². The Kier molecular flexibility index (Phi) is 6.34. The van der Waals surface area contributed by atoms with Crippen LogP contribution < -0.4 is 9.64 Å². The summed E-state index contributed by atoms with van der Waals surface area (Å²) in [5.41, 5.74) is 0.264. The predicted octanol–water partition coefficient (Wildman–Crippen LogP) is 3.05. The minimum Gasteiger partial charge on any atom is -0.497 e. The Morgan fingerprint density at radius 3 is 2.22 bits per heavy atom. The number of esters is 1. The lowest BCUT2D eigenvalue weighted by Gasteiger charge is -2.39. The molecule has 0 spiro atoms. The molecule has 2 aromatic carbocycles. The zero-order chi connectivity index (χ0) is 23.6. The van der Waals surface area contributed by atoms with Gasteiger partial charge in [0, 0.05) is 11.1 Å². The minimum absolute atomic E-state index is 0.134. The smallest absolute Gasteiger partial charge is 0.337 e. The molecule has 1 heterocycles. The number of hydrogen-bond donors (Lipinski definition) is 0. The van der Waals surface area contributed by atoms with Gasteiger partial charge in [0.05, 0.1) is 31.9 Å². The third-order valence-corrected chi connectivity index (χ3v) is 5.24. The maximum atomic E-state index is 13.4. The van der Waals surface area contributed by atoms with E-state index >= 15 is 0 Å². The zero-order valence-corrected chi connectivity index (χ0v) is 18.7. The molecule has 32 heavy (non-hydrogen) atoms. The van der Waals surface area contributed by atoms with Crippen LogP contribution in [0.5, 0.6) is 5.75 Å². The van der Waals surface area contributed by atoms with Crippen LogP contribution in [0.25, 0.3) is 0 Å². The van der Waals surface area contributed by atoms with Crippen molar-refractivity contribution in [3.63, 3.8) is 0 Å². The van der Waals surface area contributed by atoms with Crippen LogP contribution in [0.2, 0.25) is 0 Å². The summed E-state index contributed by atoms with van der Waals surface area (Å²) in [5, 5.41) is 0. The molecule has 8 nitrogen and oxygen atoms in total. The third kappa shape index (κ3) is 4.34. The second-order valence-electron chi connectivity index (χ2n) is 8.40. The maximum Gasteiger partial charge on any atom is 0.337 e. The molecule has 1 aliphatic heterocycles. The summed E-state index contributed by atoms with van der Waals surface area (Å²) in [5.74, 6) is -1.28. The summed E-state index contributed by atoms with van der Waals surface area (Å²) >= 11 is 0. The van der Waals surface area contributed by atoms with E-state index in [2.05, 4.69) is 4.74 Å². The van der Waals surface area contributed by atoms with Gasteiger partial charge in [-0.2, -0.15) is 0 Å². The fourth-order valence-electron chi connectivity index (χ4n) is 3.76. The summed E-state index contributed by atoms with van der Waals surface area (Å²) < 4.78 is 9.89. The number of nitrogens with zero attached hydrogens (tertiary/aromatic N) is 2. The first-order chi connectivity index (χ1) is 15.1. The van der Waals surface area contributed by atoms with Gasteiger partial charge in [0.15, 0.2) is 0 Å². The Bertz CT molecular complexity index is 1050. The highest BCUT2D eigenvalue weighted by Gasteiger charge is 2.47. The van der Waals surface area contributed by atoms with E-state index < -0.39 is 29.4 Å². The molecule has 3 amide bonds. The number of hydrogen-bond acceptors (Lipinski definition) is 6. The Morgan fingerprint density at radius 1 is 1.00 bits per heavy atom. The van der Waals surface area contributed by atoms with Gasteiger partial charge in [-0.15, -0.1) is 0 Å². The molecule has 1 saturated heterocycles. The van der Waals surface area contributed by atoms with Gasteiger partial charge >= 0.3 is 5.97 Å². The topological polar surface area (TPSA) is 93.2 Å². The van der Waals surface area contributed by atoms with E-state index in [0.717, 1.165) is 4.90 Å². The van der Waals surface area contributed by atoms with Crippen molar-refractivity contribution >= 4 is 29.4 Å². The SMILES string of the molecule is COC(=O)c1ccc(N2C(=O)CC(N(C(=O)c3cccc(OC)c3)C(C)(C)C)C2=O)cc1. The number of rotatable bonds is 5. The van der Waals surface area contributed by atoms with Crippen molar-refractivity contribution in [2.75, 3.05) is 19.1 Å². The molecule has 2 aromatic rings. The predicted molar refractivity (Wildman–Crippen MR) is 118 cm³/mol. The summed E-state index contributed by atoms with van der Waals surface area (Å²) in [6, 6.07) is 11.7. The van der Waals surface area contributed by atoms with Crippen molar-refractivity contribution < 1.29 is 28.7 Å². The number of carbonyl (C=O) groups excluding carboxylic acids is 4. The van der Waals surface area contributed by atoms with Crippen LogP contribution in [-0.2, 0) is 14.3 Å². The number of methoxy groups -OCH3 is 2. The number of benzene rings is 2. The lowest BCUT2D eigenvalue weighted by Crippen LogP contribution is -2.54. The molecule has 0 aliphatic carbocycles. The highest BCUT2D eigenvalue weighted by atomic mass is 16.5. The summed E-state index contributed by atoms with van der Waals surface area (Å²) in [6.07, 6.45) is -0.134. The molecule has 0 radical (unpaired) electrons. The van der Waals surface area contributed by atoms with Crippen molar-refractivity contribution in [1.82, 2.24) is 4.90 Å². The van der Waals surface area contributed by atoms with Crippen LogP contribution >= 0.6 is 0 Å². The molecule has 168 valence electrons. The van der Waals surface area contributed by atoms with Gasteiger partial charge in [-0.05, 0) is 63.2 Å². The first kappa shape index (κ1) is 23.0. The average molecular weight is 438 g/mol. The first-order valence-electron chi connectivity index (χ1n) is 10.1. The summed E-state index contributed by atoms with van der Waals surface area (Å²) in [4.78, 5) is 53.7. The Hall–Kier alpha value is -3.68. The molecular formula is C24H26N2O6. The van der Waals surface area contributed by atoms with E-state index in [4.69, 9.17) is 4.74 Å². The lowest BCUT2D eigenvalue weighted by atomic mass is 9.99. The molecule has 0 aromatic heterocycles. The first-order valence-corrected chi connectivity index (χ1v) is 10.1. The van der Waals surface area contributed by atoms with E-state index in [-0.39, 0.29) is 12.3 Å². The highest BCUT2D eigenvalue weighted by molar-refractivity contribution is 6.23. The standard InChI is InChI=1S/C24H26N2O6/c1-24(2,3)26(21(28)16-7-6-8-18(13-16)31-4)19-14-20(27)25(22(19)29)17-11-9-15(10-12-17)23(30)32-5/h6-13,19H,14H2,1-5H3. The number of amides is 3. The molecule has 8 heteroatoms. The van der Waals surface area contributed by atoms with Gasteiger partial charge in [0.25, 0.3) is 11.8 Å². The maximum absolute atomic E-state index is 13.4. The molecule has 1 unspecified atom stereocenters. The number of carbonyl (C=O) groups is 4. The minimum atomic E-state index is -0.957. The zero-order valence-electron chi connectivity index (χ0n) is 18.7. The molecule has 0 N–H and O–H groups in total. The van der Waals surface area contributed by atoms with Gasteiger partial charge in [-0.1, -0.05) is 6.07 Å². The number of imide groups is 1. The molecule has 1 fully saturated rings. The normalized spacial score (nSPS) is 16.2. The van der Waals surface area contributed by atoms with Gasteiger partial charge in [0.2, 0.25) is 5.91 Å². The third-order valence-electron chi connectivity index (χ3n) is 5.24. The van der Waals surface area contributed by atoms with Crippen LogP contribution in [-0.4, -0.2) is 54.4 Å². The fraction of sp³-hybridized carbons (Fsp3) is 0.333. The van der Waals surface area contributed by atoms with Crippen LogP contribution in [0, 0.1) is 0 Å². The van der Waals surface area contributed by atoms with Gasteiger partial charge < -0.3 is 14.4 Å². The van der Waals surface area contributed by atoms with E-state index in [1.54, 1.807) is 24.3 Å². The van der Waals surface area contributed by atoms with Crippen LogP contribution in [0.3, 0.4) is 0 Å². The van der Waals surface area contributed by atoms with Crippen LogP contribution in [0.15, 0.2) is 48.5 Å². The summed E-state index contributed by atoms with van der Waals surface area (Å²) in [7, 11) is 2.78. The van der Waals surface area contributed by atoms with Crippen molar-refractivity contribution in [3.8, 4) is 5.75 Å². The Balaban J connectivity index is 1.94. The number of anilines is 1. The second kappa shape index (κ2) is 8.82. The van der Waals surface area contributed by atoms with E-state index in [9.17, 15) is 19.2 Å². The van der Waals surface area contributed by atoms with Gasteiger partial charge in [0.1, 0.15) is 11.8 Å². The van der Waals surface area contributed by atoms with Gasteiger partial charge in [-0.3, -0.25) is 14.4 Å². The Labute approximate surface area is 186 Å². The van der Waals surface area contributed by atoms with E-state index in [1.807, 2.05) is 20.8 Å². The van der Waals surface area contributed by atoms with E-state index in [1.165, 1.54) is 43.4 Å². The molecule has 0 saturated carbocycles. The van der Waals surface area contributed by atoms with Crippen LogP contribution in [0.4, 0.5) is 5.69 Å². The quantitative estimate of drug-likeness (QED) is 0.526.